The van der Waals surface area contributed by atoms with Gasteiger partial charge in [-0.05, 0) is 18.1 Å². The van der Waals surface area contributed by atoms with Crippen molar-refractivity contribution in [2.75, 3.05) is 25.2 Å². The molecular weight excluding hydrogens is 206 g/mol. The molecule has 0 saturated carbocycles. The molecule has 0 radical (unpaired) electrons. The number of hydrogen-bond donors (Lipinski definition) is 0. The second-order valence-corrected chi connectivity index (χ2v) is 4.00. The monoisotopic (exact) mass is 219 g/mol. The molecule has 0 bridgehead atoms. The highest BCUT2D eigenvalue weighted by atomic mass is 16.5. The van der Waals surface area contributed by atoms with Gasteiger partial charge in [0, 0.05) is 6.54 Å². The van der Waals surface area contributed by atoms with Crippen LogP contribution in [-0.4, -0.2) is 26.2 Å². The number of amides is 1. The Kier molecular flexibility index (Phi) is 2.02. The standard InChI is InChI=1S/C12H13NO3/c1-15-9-3-2-8-4-6-13-10(14)5-7-16-12(9)11(8)13/h2-3H,4-7H2,1H3. The Balaban J connectivity index is 2.21. The number of carbonyl (C=O) groups is 1. The van der Waals surface area contributed by atoms with Crippen LogP contribution >= 0.6 is 0 Å². The number of methoxy groups -OCH3 is 1. The second kappa shape index (κ2) is 3.40. The quantitative estimate of drug-likeness (QED) is 0.716. The Morgan fingerprint density at radius 1 is 1.38 bits per heavy atom. The van der Waals surface area contributed by atoms with Gasteiger partial charge in [-0.3, -0.25) is 4.79 Å². The number of benzene rings is 1. The largest absolute Gasteiger partial charge is 0.493 e. The van der Waals surface area contributed by atoms with E-state index >= 15 is 0 Å². The highest BCUT2D eigenvalue weighted by Gasteiger charge is 2.32. The fraction of sp³-hybridized carbons (Fsp3) is 0.417. The van der Waals surface area contributed by atoms with Crippen LogP contribution in [0.1, 0.15) is 12.0 Å². The van der Waals surface area contributed by atoms with Crippen molar-refractivity contribution >= 4 is 11.6 Å². The molecule has 2 aliphatic heterocycles. The van der Waals surface area contributed by atoms with Gasteiger partial charge >= 0.3 is 0 Å². The predicted octanol–water partition coefficient (Wildman–Crippen LogP) is 1.37. The summed E-state index contributed by atoms with van der Waals surface area (Å²) in [5.41, 5.74) is 2.09. The first-order valence-electron chi connectivity index (χ1n) is 5.44. The van der Waals surface area contributed by atoms with Crippen molar-refractivity contribution in [2.24, 2.45) is 0 Å². The fourth-order valence-electron chi connectivity index (χ4n) is 2.36. The zero-order valence-electron chi connectivity index (χ0n) is 9.16. The molecule has 0 spiro atoms. The molecule has 0 aromatic heterocycles. The minimum atomic E-state index is 0.144. The van der Waals surface area contributed by atoms with Crippen LogP contribution in [0.25, 0.3) is 0 Å². The highest BCUT2D eigenvalue weighted by Crippen LogP contribution is 2.45. The fourth-order valence-corrected chi connectivity index (χ4v) is 2.36. The zero-order chi connectivity index (χ0) is 11.1. The minimum Gasteiger partial charge on any atom is -0.493 e. The van der Waals surface area contributed by atoms with E-state index in [0.717, 1.165) is 24.4 Å². The molecule has 0 atom stereocenters. The van der Waals surface area contributed by atoms with Gasteiger partial charge in [0.05, 0.1) is 25.8 Å². The minimum absolute atomic E-state index is 0.144. The Hall–Kier alpha value is -1.71. The van der Waals surface area contributed by atoms with Crippen LogP contribution in [0.2, 0.25) is 0 Å². The van der Waals surface area contributed by atoms with Crippen molar-refractivity contribution in [3.05, 3.63) is 17.7 Å². The van der Waals surface area contributed by atoms with Crippen molar-refractivity contribution in [1.29, 1.82) is 0 Å². The summed E-state index contributed by atoms with van der Waals surface area (Å²) in [4.78, 5) is 13.7. The van der Waals surface area contributed by atoms with Gasteiger partial charge < -0.3 is 14.4 Å². The summed E-state index contributed by atoms with van der Waals surface area (Å²) >= 11 is 0. The van der Waals surface area contributed by atoms with Gasteiger partial charge in [0.25, 0.3) is 0 Å². The third kappa shape index (κ3) is 1.19. The van der Waals surface area contributed by atoms with Crippen molar-refractivity contribution < 1.29 is 14.3 Å². The third-order valence-electron chi connectivity index (χ3n) is 3.14. The second-order valence-electron chi connectivity index (χ2n) is 4.00. The molecule has 0 N–H and O–H groups in total. The van der Waals surface area contributed by atoms with E-state index < -0.39 is 0 Å². The lowest BCUT2D eigenvalue weighted by atomic mass is 10.1. The predicted molar refractivity (Wildman–Crippen MR) is 59.2 cm³/mol. The summed E-state index contributed by atoms with van der Waals surface area (Å²) < 4.78 is 10.9. The maximum atomic E-state index is 11.8. The van der Waals surface area contributed by atoms with Crippen molar-refractivity contribution in [3.8, 4) is 11.5 Å². The number of anilines is 1. The van der Waals surface area contributed by atoms with E-state index in [4.69, 9.17) is 9.47 Å². The molecule has 84 valence electrons. The molecule has 2 aliphatic rings. The van der Waals surface area contributed by atoms with Gasteiger partial charge in [0.15, 0.2) is 11.5 Å². The first-order valence-corrected chi connectivity index (χ1v) is 5.44. The maximum absolute atomic E-state index is 11.8. The number of rotatable bonds is 1. The first kappa shape index (κ1) is 9.51. The summed E-state index contributed by atoms with van der Waals surface area (Å²) in [5.74, 6) is 1.58. The number of ether oxygens (including phenoxy) is 2. The summed E-state index contributed by atoms with van der Waals surface area (Å²) in [6.07, 6.45) is 1.35. The molecule has 1 aromatic rings. The molecule has 1 aromatic carbocycles. The highest BCUT2D eigenvalue weighted by molar-refractivity contribution is 5.98. The molecule has 0 unspecified atom stereocenters. The lowest BCUT2D eigenvalue weighted by Gasteiger charge is -2.17. The summed E-state index contributed by atoms with van der Waals surface area (Å²) in [5, 5.41) is 0. The van der Waals surface area contributed by atoms with Crippen LogP contribution in [0, 0.1) is 0 Å². The Bertz CT molecular complexity index is 456. The van der Waals surface area contributed by atoms with Crippen LogP contribution in [0.5, 0.6) is 11.5 Å². The van der Waals surface area contributed by atoms with Gasteiger partial charge in [-0.2, -0.15) is 0 Å². The van der Waals surface area contributed by atoms with Gasteiger partial charge in [0.1, 0.15) is 0 Å². The van der Waals surface area contributed by atoms with Crippen LogP contribution in [-0.2, 0) is 11.2 Å². The Labute approximate surface area is 93.8 Å². The van der Waals surface area contributed by atoms with Gasteiger partial charge in [-0.25, -0.2) is 0 Å². The zero-order valence-corrected chi connectivity index (χ0v) is 9.16. The number of nitrogens with zero attached hydrogens (tertiary/aromatic N) is 1. The molecule has 2 heterocycles. The van der Waals surface area contributed by atoms with Gasteiger partial charge in [0.2, 0.25) is 5.91 Å². The van der Waals surface area contributed by atoms with Crippen LogP contribution in [0.3, 0.4) is 0 Å². The topological polar surface area (TPSA) is 38.8 Å². The molecule has 4 heteroatoms. The molecule has 16 heavy (non-hydrogen) atoms. The van der Waals surface area contributed by atoms with E-state index in [1.165, 1.54) is 5.56 Å². The smallest absolute Gasteiger partial charge is 0.230 e. The van der Waals surface area contributed by atoms with Gasteiger partial charge in [-0.15, -0.1) is 0 Å². The Morgan fingerprint density at radius 3 is 3.06 bits per heavy atom. The number of carbonyl (C=O) groups excluding carboxylic acids is 1. The van der Waals surface area contributed by atoms with Gasteiger partial charge in [-0.1, -0.05) is 6.07 Å². The van der Waals surface area contributed by atoms with Crippen LogP contribution in [0.4, 0.5) is 5.69 Å². The molecular formula is C12H13NO3. The summed E-state index contributed by atoms with van der Waals surface area (Å²) in [6, 6.07) is 3.92. The molecule has 3 rings (SSSR count). The summed E-state index contributed by atoms with van der Waals surface area (Å²) in [7, 11) is 1.62. The average Bonchev–Trinajstić information content (AvgIpc) is 2.65. The lowest BCUT2D eigenvalue weighted by Crippen LogP contribution is -2.28. The van der Waals surface area contributed by atoms with Crippen LogP contribution < -0.4 is 14.4 Å². The van der Waals surface area contributed by atoms with E-state index in [0.29, 0.717) is 18.8 Å². The van der Waals surface area contributed by atoms with E-state index in [2.05, 4.69) is 0 Å². The van der Waals surface area contributed by atoms with E-state index in [-0.39, 0.29) is 5.91 Å². The van der Waals surface area contributed by atoms with Crippen molar-refractivity contribution in [3.63, 3.8) is 0 Å². The third-order valence-corrected chi connectivity index (χ3v) is 3.14. The van der Waals surface area contributed by atoms with E-state index in [1.54, 1.807) is 7.11 Å². The number of hydrogen-bond acceptors (Lipinski definition) is 3. The van der Waals surface area contributed by atoms with E-state index in [1.807, 2.05) is 17.0 Å². The first-order chi connectivity index (χ1) is 7.81. The van der Waals surface area contributed by atoms with Crippen molar-refractivity contribution in [2.45, 2.75) is 12.8 Å². The maximum Gasteiger partial charge on any atom is 0.230 e. The summed E-state index contributed by atoms with van der Waals surface area (Å²) in [6.45, 7) is 1.19. The van der Waals surface area contributed by atoms with E-state index in [9.17, 15) is 4.79 Å². The molecule has 0 fully saturated rings. The lowest BCUT2D eigenvalue weighted by molar-refractivity contribution is -0.118. The van der Waals surface area contributed by atoms with Crippen LogP contribution in [0.15, 0.2) is 12.1 Å². The average molecular weight is 219 g/mol. The molecule has 1 amide bonds. The molecule has 4 nitrogen and oxygen atoms in total. The van der Waals surface area contributed by atoms with Crippen molar-refractivity contribution in [1.82, 2.24) is 0 Å². The normalized spacial score (nSPS) is 17.8. The molecule has 0 saturated heterocycles. The SMILES string of the molecule is COc1ccc2c3c1OCCC(=O)N3CC2. The Morgan fingerprint density at radius 2 is 2.25 bits per heavy atom. The molecule has 0 aliphatic carbocycles.